The summed E-state index contributed by atoms with van der Waals surface area (Å²) in [5.74, 6) is 5.48. The summed E-state index contributed by atoms with van der Waals surface area (Å²) >= 11 is 0. The topological polar surface area (TPSA) is 87.9 Å². The lowest BCUT2D eigenvalue weighted by molar-refractivity contribution is -0.138. The molecule has 1 aromatic heterocycles. The molecule has 2 N–H and O–H groups in total. The van der Waals surface area contributed by atoms with E-state index in [-0.39, 0.29) is 29.4 Å². The predicted molar refractivity (Wildman–Crippen MR) is 154 cm³/mol. The zero-order valence-electron chi connectivity index (χ0n) is 23.6. The molecule has 1 fully saturated rings. The molecule has 1 aromatic carbocycles. The third-order valence-corrected chi connectivity index (χ3v) is 7.12. The number of carbonyl (C=O) groups excluding carboxylic acids is 1. The monoisotopic (exact) mass is 565 g/mol. The smallest absolute Gasteiger partial charge is 0.322 e. The van der Waals surface area contributed by atoms with Crippen LogP contribution in [0, 0.1) is 24.2 Å². The number of aryl methyl sites for hydroxylation is 1. The zero-order chi connectivity index (χ0) is 29.7. The van der Waals surface area contributed by atoms with Crippen molar-refractivity contribution in [2.24, 2.45) is 5.10 Å². The number of pyridine rings is 1. The first kappa shape index (κ1) is 30.0. The average molecular weight is 566 g/mol. The van der Waals surface area contributed by atoms with Crippen LogP contribution in [-0.2, 0) is 12.7 Å². The number of amides is 1. The molecule has 1 amide bonds. The van der Waals surface area contributed by atoms with Gasteiger partial charge in [-0.1, -0.05) is 24.0 Å². The van der Waals surface area contributed by atoms with Crippen molar-refractivity contribution >= 4 is 23.5 Å². The molecule has 2 aliphatic rings. The van der Waals surface area contributed by atoms with Gasteiger partial charge in [-0.25, -0.2) is 0 Å². The molecular weight excluding hydrogens is 531 g/mol. The number of rotatable bonds is 6. The molecule has 1 saturated heterocycles. The van der Waals surface area contributed by atoms with Crippen molar-refractivity contribution in [3.63, 3.8) is 0 Å². The minimum atomic E-state index is -4.56. The fourth-order valence-electron chi connectivity index (χ4n) is 4.63. The highest BCUT2D eigenvalue weighted by molar-refractivity contribution is 6.04. The first-order chi connectivity index (χ1) is 19.4. The van der Waals surface area contributed by atoms with Crippen LogP contribution < -0.4 is 5.32 Å². The molecule has 11 heteroatoms. The lowest BCUT2D eigenvalue weighted by Crippen LogP contribution is -2.44. The largest absolute Gasteiger partial charge is 0.416 e. The number of nitrogens with one attached hydrogen (secondary N) is 2. The van der Waals surface area contributed by atoms with E-state index in [1.165, 1.54) is 18.3 Å². The zero-order valence-corrected chi connectivity index (χ0v) is 23.6. The number of nitrogens with zero attached hydrogens (tertiary/aromatic N) is 5. The highest BCUT2D eigenvalue weighted by atomic mass is 19.4. The van der Waals surface area contributed by atoms with E-state index in [4.69, 9.17) is 5.41 Å². The maximum atomic E-state index is 14.0. The quantitative estimate of drug-likeness (QED) is 0.400. The molecule has 41 heavy (non-hydrogen) atoms. The maximum absolute atomic E-state index is 14.0. The molecule has 8 nitrogen and oxygen atoms in total. The van der Waals surface area contributed by atoms with Crippen LogP contribution in [0.3, 0.4) is 0 Å². The molecule has 0 spiro atoms. The summed E-state index contributed by atoms with van der Waals surface area (Å²) in [6.45, 7) is 8.53. The van der Waals surface area contributed by atoms with Gasteiger partial charge < -0.3 is 15.6 Å². The van der Waals surface area contributed by atoms with Crippen molar-refractivity contribution in [2.45, 2.75) is 45.6 Å². The molecule has 2 atom stereocenters. The van der Waals surface area contributed by atoms with Crippen LogP contribution in [0.25, 0.3) is 0 Å². The molecule has 0 bridgehead atoms. The van der Waals surface area contributed by atoms with Gasteiger partial charge in [0.15, 0.2) is 0 Å². The van der Waals surface area contributed by atoms with Gasteiger partial charge in [0.2, 0.25) is 0 Å². The van der Waals surface area contributed by atoms with Crippen LogP contribution in [0.1, 0.15) is 46.6 Å². The van der Waals surface area contributed by atoms with Crippen molar-refractivity contribution in [1.29, 1.82) is 5.41 Å². The third kappa shape index (κ3) is 7.60. The van der Waals surface area contributed by atoms with E-state index >= 15 is 0 Å². The lowest BCUT2D eigenvalue weighted by atomic mass is 10.0. The predicted octanol–water partition coefficient (Wildman–Crippen LogP) is 4.41. The van der Waals surface area contributed by atoms with Gasteiger partial charge in [-0.05, 0) is 57.7 Å². The van der Waals surface area contributed by atoms with Crippen molar-refractivity contribution < 1.29 is 18.0 Å². The molecule has 2 aromatic rings. The number of benzene rings is 1. The van der Waals surface area contributed by atoms with E-state index in [0.29, 0.717) is 30.1 Å². The minimum absolute atomic E-state index is 0.0437. The standard InChI is InChI=1S/C30H34F3N7O/c1-20-6-5-11-36-40(20)28(21(2)34)10-8-23-16-25(18-35-22(23)3)29(41)37-26-9-7-24(27(17-26)30(31,32)33)19-39-14-12-38(4)13-15-39/h5-7,9,11,16-18,20,28,34H,12-15,19H2,1-4H3,(H,37,41). The molecular formula is C30H34F3N7O. The Morgan fingerprint density at radius 2 is 1.95 bits per heavy atom. The van der Waals surface area contributed by atoms with Crippen LogP contribution >= 0.6 is 0 Å². The third-order valence-electron chi connectivity index (χ3n) is 7.12. The Balaban J connectivity index is 1.53. The fraction of sp³-hybridized carbons (Fsp3) is 0.400. The highest BCUT2D eigenvalue weighted by Gasteiger charge is 2.34. The van der Waals surface area contributed by atoms with Gasteiger partial charge in [-0.2, -0.15) is 18.3 Å². The number of hydrogen-bond donors (Lipinski definition) is 2. The Hall–Kier alpha value is -4.01. The Morgan fingerprint density at radius 3 is 2.61 bits per heavy atom. The second kappa shape index (κ2) is 12.7. The number of piperazine rings is 1. The first-order valence-electron chi connectivity index (χ1n) is 13.4. The van der Waals surface area contributed by atoms with Gasteiger partial charge in [0.05, 0.1) is 22.9 Å². The van der Waals surface area contributed by atoms with Gasteiger partial charge in [0, 0.05) is 62.1 Å². The number of carbonyl (C=O) groups is 1. The van der Waals surface area contributed by atoms with E-state index in [9.17, 15) is 18.0 Å². The van der Waals surface area contributed by atoms with Gasteiger partial charge in [-0.15, -0.1) is 0 Å². The number of aromatic nitrogens is 1. The summed E-state index contributed by atoms with van der Waals surface area (Å²) in [6.07, 6.45) is 2.22. The summed E-state index contributed by atoms with van der Waals surface area (Å²) in [4.78, 5) is 21.5. The summed E-state index contributed by atoms with van der Waals surface area (Å²) in [7, 11) is 1.99. The van der Waals surface area contributed by atoms with Gasteiger partial charge in [0.25, 0.3) is 5.91 Å². The molecule has 0 aliphatic carbocycles. The van der Waals surface area contributed by atoms with Crippen molar-refractivity contribution in [2.75, 3.05) is 38.5 Å². The molecule has 3 heterocycles. The Kier molecular flexibility index (Phi) is 9.25. The van der Waals surface area contributed by atoms with Crippen LogP contribution in [0.4, 0.5) is 18.9 Å². The van der Waals surface area contributed by atoms with Crippen molar-refractivity contribution in [1.82, 2.24) is 19.8 Å². The van der Waals surface area contributed by atoms with E-state index in [1.807, 2.05) is 31.0 Å². The number of halogens is 3. The van der Waals surface area contributed by atoms with Crippen LogP contribution in [0.2, 0.25) is 0 Å². The van der Waals surface area contributed by atoms with Crippen LogP contribution in [-0.4, -0.2) is 82.9 Å². The van der Waals surface area contributed by atoms with E-state index in [0.717, 1.165) is 19.2 Å². The van der Waals surface area contributed by atoms with Gasteiger partial charge in [0.1, 0.15) is 6.04 Å². The van der Waals surface area contributed by atoms with Crippen LogP contribution in [0.5, 0.6) is 0 Å². The fourth-order valence-corrected chi connectivity index (χ4v) is 4.63. The molecule has 2 aliphatic heterocycles. The summed E-state index contributed by atoms with van der Waals surface area (Å²) in [6, 6.07) is 4.83. The molecule has 0 saturated carbocycles. The number of hydrogen-bond acceptors (Lipinski definition) is 7. The Labute approximate surface area is 238 Å². The van der Waals surface area contributed by atoms with Gasteiger partial charge in [-0.3, -0.25) is 19.7 Å². The van der Waals surface area contributed by atoms with Gasteiger partial charge >= 0.3 is 6.18 Å². The summed E-state index contributed by atoms with van der Waals surface area (Å²) in [5, 5.41) is 16.8. The Bertz CT molecular complexity index is 1420. The molecule has 216 valence electrons. The minimum Gasteiger partial charge on any atom is -0.322 e. The average Bonchev–Trinajstić information content (AvgIpc) is 2.92. The van der Waals surface area contributed by atoms with E-state index < -0.39 is 23.7 Å². The lowest BCUT2D eigenvalue weighted by Gasteiger charge is -2.33. The second-order valence-corrected chi connectivity index (χ2v) is 10.4. The summed E-state index contributed by atoms with van der Waals surface area (Å²) in [5.41, 5.74) is 0.985. The molecule has 4 rings (SSSR count). The van der Waals surface area contributed by atoms with Crippen molar-refractivity contribution in [3.8, 4) is 11.8 Å². The van der Waals surface area contributed by atoms with E-state index in [1.54, 1.807) is 31.1 Å². The Morgan fingerprint density at radius 1 is 1.22 bits per heavy atom. The first-order valence-corrected chi connectivity index (χ1v) is 13.4. The number of allylic oxidation sites excluding steroid dienone is 1. The SMILES string of the molecule is CC(=N)C(C#Cc1cc(C(=O)Nc2ccc(CN3CCN(C)CC3)c(C(F)(F)F)c2)cnc1C)N1N=CC=CC1C. The molecule has 2 unspecified atom stereocenters. The van der Waals surface area contributed by atoms with Crippen LogP contribution in [0.15, 0.2) is 47.7 Å². The van der Waals surface area contributed by atoms with Crippen molar-refractivity contribution in [3.05, 3.63) is 70.6 Å². The normalized spacial score (nSPS) is 18.5. The summed E-state index contributed by atoms with van der Waals surface area (Å²) < 4.78 is 41.9. The number of likely N-dealkylation sites (N-methyl/N-ethyl adjacent to an activating group) is 1. The second-order valence-electron chi connectivity index (χ2n) is 10.4. The molecule has 0 radical (unpaired) electrons. The van der Waals surface area contributed by atoms with E-state index in [2.05, 4.69) is 32.1 Å². The number of alkyl halides is 3. The highest BCUT2D eigenvalue weighted by Crippen LogP contribution is 2.34. The number of hydrazone groups is 1. The number of anilines is 1. The maximum Gasteiger partial charge on any atom is 0.416 e.